The summed E-state index contributed by atoms with van der Waals surface area (Å²) in [7, 11) is 0. The van der Waals surface area contributed by atoms with Crippen LogP contribution in [0.15, 0.2) is 30.3 Å². The van der Waals surface area contributed by atoms with Gasteiger partial charge in [-0.1, -0.05) is 17.7 Å². The molecule has 0 aliphatic rings. The van der Waals surface area contributed by atoms with E-state index in [4.69, 9.17) is 22.1 Å². The topological polar surface area (TPSA) is 48.1 Å². The van der Waals surface area contributed by atoms with Gasteiger partial charge in [0.15, 0.2) is 0 Å². The second-order valence-electron chi connectivity index (χ2n) is 4.14. The summed E-state index contributed by atoms with van der Waals surface area (Å²) in [5, 5.41) is 0.769. The molecule has 0 fully saturated rings. The fourth-order valence-corrected chi connectivity index (χ4v) is 1.82. The number of benzene rings is 1. The molecule has 0 amide bonds. The molecule has 0 saturated carbocycles. The van der Waals surface area contributed by atoms with Crippen molar-refractivity contribution in [3.8, 4) is 11.6 Å². The van der Waals surface area contributed by atoms with E-state index in [1.165, 1.54) is 0 Å². The van der Waals surface area contributed by atoms with Crippen LogP contribution in [-0.4, -0.2) is 4.98 Å². The first-order valence-corrected chi connectivity index (χ1v) is 6.08. The highest BCUT2D eigenvalue weighted by Gasteiger charge is 2.05. The van der Waals surface area contributed by atoms with Gasteiger partial charge >= 0.3 is 0 Å². The Labute approximate surface area is 112 Å². The van der Waals surface area contributed by atoms with Crippen LogP contribution >= 0.6 is 11.6 Å². The first-order valence-electron chi connectivity index (χ1n) is 5.70. The Morgan fingerprint density at radius 1 is 1.22 bits per heavy atom. The molecule has 1 heterocycles. The molecule has 2 N–H and O–H groups in total. The summed E-state index contributed by atoms with van der Waals surface area (Å²) in [5.74, 6) is 1.27. The summed E-state index contributed by atoms with van der Waals surface area (Å²) in [4.78, 5) is 4.29. The van der Waals surface area contributed by atoms with Crippen molar-refractivity contribution < 1.29 is 4.74 Å². The lowest BCUT2D eigenvalue weighted by molar-refractivity contribution is 0.460. The summed E-state index contributed by atoms with van der Waals surface area (Å²) >= 11 is 6.11. The minimum atomic E-state index is 0.399. The Bertz CT molecular complexity index is 546. The molecular formula is C14H15ClN2O. The van der Waals surface area contributed by atoms with Gasteiger partial charge < -0.3 is 10.5 Å². The molecule has 94 valence electrons. The Hall–Kier alpha value is -1.58. The van der Waals surface area contributed by atoms with Crippen molar-refractivity contribution in [3.63, 3.8) is 0 Å². The molecule has 0 atom stereocenters. The summed E-state index contributed by atoms with van der Waals surface area (Å²) in [5.41, 5.74) is 8.32. The largest absolute Gasteiger partial charge is 0.439 e. The van der Waals surface area contributed by atoms with Crippen LogP contribution in [0.3, 0.4) is 0 Å². The number of ether oxygens (including phenoxy) is 1. The molecule has 0 radical (unpaired) electrons. The normalized spacial score (nSPS) is 10.4. The molecule has 0 unspecified atom stereocenters. The Balaban J connectivity index is 2.28. The van der Waals surface area contributed by atoms with Crippen LogP contribution in [0.1, 0.15) is 16.8 Å². The van der Waals surface area contributed by atoms with Crippen molar-refractivity contribution in [2.24, 2.45) is 5.73 Å². The molecule has 4 heteroatoms. The second-order valence-corrected chi connectivity index (χ2v) is 4.52. The smallest absolute Gasteiger partial charge is 0.219 e. The Morgan fingerprint density at radius 3 is 2.50 bits per heavy atom. The molecule has 0 aliphatic heterocycles. The number of hydrogen-bond donors (Lipinski definition) is 1. The molecule has 0 saturated heterocycles. The van der Waals surface area contributed by atoms with Gasteiger partial charge in [0, 0.05) is 17.6 Å². The number of hydrogen-bond acceptors (Lipinski definition) is 3. The maximum absolute atomic E-state index is 6.11. The van der Waals surface area contributed by atoms with Crippen LogP contribution in [0, 0.1) is 13.8 Å². The van der Waals surface area contributed by atoms with Crippen LogP contribution in [0.5, 0.6) is 11.6 Å². The number of nitrogens with zero attached hydrogens (tertiary/aromatic N) is 1. The second kappa shape index (κ2) is 5.38. The molecular weight excluding hydrogens is 248 g/mol. The van der Waals surface area contributed by atoms with Gasteiger partial charge in [0.05, 0.1) is 5.69 Å². The number of halogens is 1. The molecule has 1 aromatic heterocycles. The SMILES string of the molecule is Cc1cc(Oc2cccc(CN)n2)cc(C)c1Cl. The van der Waals surface area contributed by atoms with E-state index in [0.717, 1.165) is 27.6 Å². The van der Waals surface area contributed by atoms with Crippen LogP contribution in [0.4, 0.5) is 0 Å². The Kier molecular flexibility index (Phi) is 3.84. The lowest BCUT2D eigenvalue weighted by Crippen LogP contribution is -2.00. The summed E-state index contributed by atoms with van der Waals surface area (Å²) in [6, 6.07) is 9.34. The van der Waals surface area contributed by atoms with E-state index in [9.17, 15) is 0 Å². The number of rotatable bonds is 3. The van der Waals surface area contributed by atoms with Gasteiger partial charge in [0.25, 0.3) is 0 Å². The summed E-state index contributed by atoms with van der Waals surface area (Å²) in [6.07, 6.45) is 0. The molecule has 18 heavy (non-hydrogen) atoms. The predicted octanol–water partition coefficient (Wildman–Crippen LogP) is 3.60. The molecule has 0 bridgehead atoms. The quantitative estimate of drug-likeness (QED) is 0.919. The fraction of sp³-hybridized carbons (Fsp3) is 0.214. The van der Waals surface area contributed by atoms with E-state index in [1.807, 2.05) is 38.1 Å². The molecule has 2 aromatic rings. The highest BCUT2D eigenvalue weighted by Crippen LogP contribution is 2.28. The van der Waals surface area contributed by atoms with Crippen molar-refractivity contribution in [2.75, 3.05) is 0 Å². The first kappa shape index (κ1) is 12.9. The minimum absolute atomic E-state index is 0.399. The van der Waals surface area contributed by atoms with Crippen LogP contribution < -0.4 is 10.5 Å². The van der Waals surface area contributed by atoms with E-state index in [0.29, 0.717) is 12.4 Å². The van der Waals surface area contributed by atoms with Crippen LogP contribution in [0.2, 0.25) is 5.02 Å². The van der Waals surface area contributed by atoms with Gasteiger partial charge in [-0.3, -0.25) is 0 Å². The summed E-state index contributed by atoms with van der Waals surface area (Å²) < 4.78 is 5.71. The number of pyridine rings is 1. The number of aromatic nitrogens is 1. The average Bonchev–Trinajstić information content (AvgIpc) is 2.36. The summed E-state index contributed by atoms with van der Waals surface area (Å²) in [6.45, 7) is 4.30. The van der Waals surface area contributed by atoms with Crippen molar-refractivity contribution in [1.29, 1.82) is 0 Å². The van der Waals surface area contributed by atoms with Gasteiger partial charge in [0.1, 0.15) is 5.75 Å². The van der Waals surface area contributed by atoms with Crippen LogP contribution in [-0.2, 0) is 6.54 Å². The molecule has 3 nitrogen and oxygen atoms in total. The number of nitrogens with two attached hydrogens (primary N) is 1. The van der Waals surface area contributed by atoms with Gasteiger partial charge in [-0.05, 0) is 43.2 Å². The zero-order valence-corrected chi connectivity index (χ0v) is 11.2. The lowest BCUT2D eigenvalue weighted by Gasteiger charge is -2.09. The van der Waals surface area contributed by atoms with E-state index >= 15 is 0 Å². The van der Waals surface area contributed by atoms with Gasteiger partial charge in [0.2, 0.25) is 5.88 Å². The van der Waals surface area contributed by atoms with Crippen LogP contribution in [0.25, 0.3) is 0 Å². The van der Waals surface area contributed by atoms with Gasteiger partial charge in [-0.25, -0.2) is 4.98 Å². The van der Waals surface area contributed by atoms with Crippen molar-refractivity contribution >= 4 is 11.6 Å². The maximum Gasteiger partial charge on any atom is 0.219 e. The predicted molar refractivity (Wildman–Crippen MR) is 73.1 cm³/mol. The zero-order valence-electron chi connectivity index (χ0n) is 10.4. The van der Waals surface area contributed by atoms with E-state index in [2.05, 4.69) is 4.98 Å². The minimum Gasteiger partial charge on any atom is -0.439 e. The maximum atomic E-state index is 6.11. The standard InChI is InChI=1S/C14H15ClN2O/c1-9-6-12(7-10(2)14(9)15)18-13-5-3-4-11(8-16)17-13/h3-7H,8,16H2,1-2H3. The van der Waals surface area contributed by atoms with Crippen molar-refractivity contribution in [1.82, 2.24) is 4.98 Å². The number of aryl methyl sites for hydroxylation is 2. The van der Waals surface area contributed by atoms with E-state index in [1.54, 1.807) is 6.07 Å². The van der Waals surface area contributed by atoms with Gasteiger partial charge in [-0.2, -0.15) is 0 Å². The monoisotopic (exact) mass is 262 g/mol. The third-order valence-corrected chi connectivity index (χ3v) is 3.22. The first-order chi connectivity index (χ1) is 8.60. The fourth-order valence-electron chi connectivity index (χ4n) is 1.71. The van der Waals surface area contributed by atoms with Gasteiger partial charge in [-0.15, -0.1) is 0 Å². The average molecular weight is 263 g/mol. The molecule has 1 aromatic carbocycles. The van der Waals surface area contributed by atoms with E-state index in [-0.39, 0.29) is 0 Å². The van der Waals surface area contributed by atoms with Crippen molar-refractivity contribution in [2.45, 2.75) is 20.4 Å². The lowest BCUT2D eigenvalue weighted by atomic mass is 10.1. The third kappa shape index (κ3) is 2.81. The van der Waals surface area contributed by atoms with Crippen molar-refractivity contribution in [3.05, 3.63) is 52.2 Å². The third-order valence-electron chi connectivity index (χ3n) is 2.62. The van der Waals surface area contributed by atoms with E-state index < -0.39 is 0 Å². The zero-order chi connectivity index (χ0) is 13.1. The molecule has 0 spiro atoms. The Morgan fingerprint density at radius 2 is 1.89 bits per heavy atom. The molecule has 2 rings (SSSR count). The highest BCUT2D eigenvalue weighted by atomic mass is 35.5. The molecule has 0 aliphatic carbocycles. The highest BCUT2D eigenvalue weighted by molar-refractivity contribution is 6.32.